The van der Waals surface area contributed by atoms with Crippen LogP contribution >= 0.6 is 0 Å². The van der Waals surface area contributed by atoms with E-state index >= 15 is 0 Å². The van der Waals surface area contributed by atoms with Crippen LogP contribution in [0, 0.1) is 5.92 Å². The maximum atomic E-state index is 12.9. The number of rotatable bonds is 4. The molecule has 0 N–H and O–H groups in total. The van der Waals surface area contributed by atoms with Crippen LogP contribution in [0.4, 0.5) is 13.6 Å². The zero-order chi connectivity index (χ0) is 20.5. The summed E-state index contributed by atoms with van der Waals surface area (Å²) in [6.45, 7) is 2.65. The fraction of sp³-hybridized carbons (Fsp3) is 0.619. The first-order valence-electron chi connectivity index (χ1n) is 9.74. The first-order valence-corrected chi connectivity index (χ1v) is 9.74. The second-order valence-electron chi connectivity index (χ2n) is 8.56. The lowest BCUT2D eigenvalue weighted by molar-refractivity contribution is -0.0498. The van der Waals surface area contributed by atoms with Crippen molar-refractivity contribution < 1.29 is 27.8 Å². The molecule has 7 heteroatoms. The molecular formula is C21H27F2NO4. The molecule has 2 heterocycles. The molecule has 5 nitrogen and oxygen atoms in total. The second kappa shape index (κ2) is 8.05. The standard InChI is InChI=1S/C21H27F2NO4/c1-21(2,3)28-20(26)24-15-5-4-6-16(24)12-14(11-15)18(25)13-7-9-17(10-8-13)27-19(22)23/h7-10,14-16,19H,4-6,11-12H2,1-3H3. The van der Waals surface area contributed by atoms with Gasteiger partial charge in [-0.05, 0) is 77.1 Å². The molecule has 3 rings (SSSR count). The Hall–Kier alpha value is -2.18. The minimum atomic E-state index is -2.89. The quantitative estimate of drug-likeness (QED) is 0.671. The summed E-state index contributed by atoms with van der Waals surface area (Å²) in [5.41, 5.74) is -0.0736. The van der Waals surface area contributed by atoms with E-state index < -0.39 is 12.2 Å². The van der Waals surface area contributed by atoms with Crippen LogP contribution in [-0.2, 0) is 4.74 Å². The summed E-state index contributed by atoms with van der Waals surface area (Å²) in [4.78, 5) is 27.4. The molecule has 2 bridgehead atoms. The fourth-order valence-corrected chi connectivity index (χ4v) is 4.24. The molecule has 2 fully saturated rings. The molecule has 2 saturated heterocycles. The Bertz CT molecular complexity index is 700. The third kappa shape index (κ3) is 4.80. The van der Waals surface area contributed by atoms with E-state index in [1.54, 1.807) is 0 Å². The van der Waals surface area contributed by atoms with Gasteiger partial charge in [0.2, 0.25) is 0 Å². The number of piperidine rings is 2. The minimum absolute atomic E-state index is 0.00209. The van der Waals surface area contributed by atoms with Crippen LogP contribution in [0.5, 0.6) is 5.75 Å². The number of benzene rings is 1. The maximum absolute atomic E-state index is 12.9. The lowest BCUT2D eigenvalue weighted by atomic mass is 9.76. The van der Waals surface area contributed by atoms with E-state index in [1.165, 1.54) is 24.3 Å². The molecule has 0 radical (unpaired) electrons. The number of ketones is 1. The summed E-state index contributed by atoms with van der Waals surface area (Å²) in [5.74, 6) is -0.164. The Morgan fingerprint density at radius 1 is 1.07 bits per heavy atom. The molecule has 154 valence electrons. The van der Waals surface area contributed by atoms with Crippen molar-refractivity contribution >= 4 is 11.9 Å². The van der Waals surface area contributed by atoms with Gasteiger partial charge in [0.15, 0.2) is 5.78 Å². The first kappa shape index (κ1) is 20.6. The van der Waals surface area contributed by atoms with Gasteiger partial charge >= 0.3 is 12.7 Å². The number of carbonyl (C=O) groups is 2. The summed E-state index contributed by atoms with van der Waals surface area (Å²) in [5, 5.41) is 0. The largest absolute Gasteiger partial charge is 0.444 e. The number of halogens is 2. The van der Waals surface area contributed by atoms with Crippen LogP contribution in [0.1, 0.15) is 63.2 Å². The van der Waals surface area contributed by atoms with Crippen molar-refractivity contribution in [1.29, 1.82) is 0 Å². The summed E-state index contributed by atoms with van der Waals surface area (Å²) in [6.07, 6.45) is 3.66. The van der Waals surface area contributed by atoms with Crippen molar-refractivity contribution in [3.05, 3.63) is 29.8 Å². The molecular weight excluding hydrogens is 368 g/mol. The number of Topliss-reactive ketones (excluding diaryl/α,β-unsaturated/α-hetero) is 1. The monoisotopic (exact) mass is 395 g/mol. The second-order valence-corrected chi connectivity index (χ2v) is 8.56. The zero-order valence-electron chi connectivity index (χ0n) is 16.5. The Balaban J connectivity index is 1.69. The van der Waals surface area contributed by atoms with E-state index in [2.05, 4.69) is 4.74 Å². The van der Waals surface area contributed by atoms with Crippen molar-refractivity contribution in [1.82, 2.24) is 4.90 Å². The number of nitrogens with zero attached hydrogens (tertiary/aromatic N) is 1. The highest BCUT2D eigenvalue weighted by Crippen LogP contribution is 2.39. The van der Waals surface area contributed by atoms with Gasteiger partial charge in [-0.3, -0.25) is 4.79 Å². The zero-order valence-corrected chi connectivity index (χ0v) is 16.5. The molecule has 2 aliphatic rings. The Kier molecular flexibility index (Phi) is 5.91. The Morgan fingerprint density at radius 3 is 2.14 bits per heavy atom. The molecule has 2 aliphatic heterocycles. The molecule has 1 aromatic rings. The van der Waals surface area contributed by atoms with Crippen LogP contribution in [-0.4, -0.2) is 41.1 Å². The van der Waals surface area contributed by atoms with Gasteiger partial charge in [-0.25, -0.2) is 4.79 Å². The van der Waals surface area contributed by atoms with Gasteiger partial charge in [0.05, 0.1) is 0 Å². The lowest BCUT2D eigenvalue weighted by Crippen LogP contribution is -2.56. The Morgan fingerprint density at radius 2 is 1.64 bits per heavy atom. The van der Waals surface area contributed by atoms with E-state index in [0.717, 1.165) is 19.3 Å². The molecule has 0 saturated carbocycles. The van der Waals surface area contributed by atoms with Gasteiger partial charge in [0.25, 0.3) is 0 Å². The van der Waals surface area contributed by atoms with Crippen LogP contribution < -0.4 is 4.74 Å². The molecule has 0 aromatic heterocycles. The van der Waals surface area contributed by atoms with Gasteiger partial charge in [-0.2, -0.15) is 8.78 Å². The van der Waals surface area contributed by atoms with Crippen molar-refractivity contribution in [2.24, 2.45) is 5.92 Å². The lowest BCUT2D eigenvalue weighted by Gasteiger charge is -2.48. The van der Waals surface area contributed by atoms with Crippen LogP contribution in [0.3, 0.4) is 0 Å². The Labute approximate surface area is 164 Å². The summed E-state index contributed by atoms with van der Waals surface area (Å²) < 4.78 is 34.4. The molecule has 2 atom stereocenters. The fourth-order valence-electron chi connectivity index (χ4n) is 4.24. The third-order valence-electron chi connectivity index (χ3n) is 5.31. The van der Waals surface area contributed by atoms with E-state index in [9.17, 15) is 18.4 Å². The predicted octanol–water partition coefficient (Wildman–Crippen LogP) is 5.04. The van der Waals surface area contributed by atoms with E-state index in [4.69, 9.17) is 4.74 Å². The smallest absolute Gasteiger partial charge is 0.410 e. The number of hydrogen-bond acceptors (Lipinski definition) is 4. The number of alkyl halides is 2. The van der Waals surface area contributed by atoms with Crippen molar-refractivity contribution in [3.8, 4) is 5.75 Å². The van der Waals surface area contributed by atoms with Crippen molar-refractivity contribution in [2.45, 2.75) is 77.2 Å². The van der Waals surface area contributed by atoms with Crippen LogP contribution in [0.15, 0.2) is 24.3 Å². The number of amides is 1. The van der Waals surface area contributed by atoms with Crippen LogP contribution in [0.25, 0.3) is 0 Å². The molecule has 0 aliphatic carbocycles. The number of fused-ring (bicyclic) bond motifs is 2. The molecule has 2 unspecified atom stereocenters. The van der Waals surface area contributed by atoms with E-state index in [-0.39, 0.29) is 35.6 Å². The SMILES string of the molecule is CC(C)(C)OC(=O)N1C2CCCC1CC(C(=O)c1ccc(OC(F)F)cc1)C2. The summed E-state index contributed by atoms with van der Waals surface area (Å²) in [7, 11) is 0. The van der Waals surface area contributed by atoms with Gasteiger partial charge in [0.1, 0.15) is 11.4 Å². The van der Waals surface area contributed by atoms with Gasteiger partial charge in [0, 0.05) is 23.6 Å². The van der Waals surface area contributed by atoms with Gasteiger partial charge in [-0.15, -0.1) is 0 Å². The third-order valence-corrected chi connectivity index (χ3v) is 5.31. The molecule has 1 aromatic carbocycles. The highest BCUT2D eigenvalue weighted by molar-refractivity contribution is 5.98. The number of ether oxygens (including phenoxy) is 2. The van der Waals surface area contributed by atoms with E-state index in [1.807, 2.05) is 25.7 Å². The molecule has 28 heavy (non-hydrogen) atoms. The van der Waals surface area contributed by atoms with Crippen LogP contribution in [0.2, 0.25) is 0 Å². The van der Waals surface area contributed by atoms with Gasteiger partial charge in [-0.1, -0.05) is 0 Å². The van der Waals surface area contributed by atoms with Crippen molar-refractivity contribution in [3.63, 3.8) is 0 Å². The highest BCUT2D eigenvalue weighted by Gasteiger charge is 2.44. The summed E-state index contributed by atoms with van der Waals surface area (Å²) >= 11 is 0. The molecule has 0 spiro atoms. The maximum Gasteiger partial charge on any atom is 0.410 e. The van der Waals surface area contributed by atoms with E-state index in [0.29, 0.717) is 18.4 Å². The number of carbonyl (C=O) groups excluding carboxylic acids is 2. The van der Waals surface area contributed by atoms with Gasteiger partial charge < -0.3 is 14.4 Å². The first-order chi connectivity index (χ1) is 13.1. The normalized spacial score (nSPS) is 24.8. The highest BCUT2D eigenvalue weighted by atomic mass is 19.3. The van der Waals surface area contributed by atoms with Crippen molar-refractivity contribution in [2.75, 3.05) is 0 Å². The minimum Gasteiger partial charge on any atom is -0.444 e. The summed E-state index contributed by atoms with van der Waals surface area (Å²) in [6, 6.07) is 5.81. The average molecular weight is 395 g/mol. The topological polar surface area (TPSA) is 55.8 Å². The molecule has 1 amide bonds. The number of hydrogen-bond donors (Lipinski definition) is 0. The predicted molar refractivity (Wildman–Crippen MR) is 99.6 cm³/mol. The average Bonchev–Trinajstić information content (AvgIpc) is 2.58.